The number of ketones is 1. The van der Waals surface area contributed by atoms with Crippen LogP contribution in [0, 0.1) is 5.82 Å². The summed E-state index contributed by atoms with van der Waals surface area (Å²) in [6.07, 6.45) is 3.38. The Hall–Kier alpha value is -1.29. The van der Waals surface area contributed by atoms with Crippen LogP contribution in [0.15, 0.2) is 18.5 Å². The summed E-state index contributed by atoms with van der Waals surface area (Å²) in [5.74, 6) is -0.603. The van der Waals surface area contributed by atoms with Gasteiger partial charge in [-0.25, -0.2) is 4.39 Å². The number of rotatable bonds is 5. The molecule has 0 N–H and O–H groups in total. The minimum atomic E-state index is -0.489. The topological polar surface area (TPSA) is 39.2 Å². The molecule has 0 atom stereocenters. The van der Waals surface area contributed by atoms with Crippen molar-refractivity contribution in [3.63, 3.8) is 0 Å². The van der Waals surface area contributed by atoms with Gasteiger partial charge in [-0.2, -0.15) is 0 Å². The van der Waals surface area contributed by atoms with Crippen LogP contribution in [0.3, 0.4) is 0 Å². The zero-order valence-electron chi connectivity index (χ0n) is 9.79. The van der Waals surface area contributed by atoms with Gasteiger partial charge in [0, 0.05) is 25.3 Å². The lowest BCUT2D eigenvalue weighted by Gasteiger charge is -2.22. The number of hydrogen-bond acceptors (Lipinski definition) is 3. The van der Waals surface area contributed by atoms with Gasteiger partial charge in [-0.1, -0.05) is 0 Å². The molecule has 0 fully saturated rings. The number of carbonyl (C=O) groups is 1. The Morgan fingerprint density at radius 1 is 1.50 bits per heavy atom. The van der Waals surface area contributed by atoms with E-state index in [2.05, 4.69) is 4.98 Å². The second kappa shape index (κ2) is 5.16. The van der Waals surface area contributed by atoms with E-state index in [-0.39, 0.29) is 11.4 Å². The highest BCUT2D eigenvalue weighted by atomic mass is 19.1. The van der Waals surface area contributed by atoms with Crippen LogP contribution in [0.25, 0.3) is 0 Å². The molecule has 1 aromatic heterocycles. The molecule has 0 radical (unpaired) electrons. The molecular weight excluding hydrogens is 209 g/mol. The van der Waals surface area contributed by atoms with Gasteiger partial charge < -0.3 is 4.74 Å². The molecule has 16 heavy (non-hydrogen) atoms. The van der Waals surface area contributed by atoms with Gasteiger partial charge in [0.15, 0.2) is 5.78 Å². The maximum Gasteiger partial charge on any atom is 0.164 e. The van der Waals surface area contributed by atoms with Gasteiger partial charge in [0.2, 0.25) is 0 Å². The number of nitrogens with zero attached hydrogens (tertiary/aromatic N) is 1. The summed E-state index contributed by atoms with van der Waals surface area (Å²) in [5.41, 5.74) is -0.0249. The monoisotopic (exact) mass is 225 g/mol. The first-order valence-corrected chi connectivity index (χ1v) is 5.13. The van der Waals surface area contributed by atoms with Crippen molar-refractivity contribution in [3.05, 3.63) is 29.8 Å². The van der Waals surface area contributed by atoms with E-state index in [1.165, 1.54) is 12.3 Å². The Balaban J connectivity index is 2.60. The largest absolute Gasteiger partial charge is 0.379 e. The Bertz CT molecular complexity index is 377. The standard InChI is InChI=1S/C12H16FNO2/c1-12(2,16-3)5-4-11(15)9-6-10(13)8-14-7-9/h6-8H,4-5H2,1-3H3. The molecule has 0 aliphatic carbocycles. The summed E-state index contributed by atoms with van der Waals surface area (Å²) in [6.45, 7) is 3.81. The molecule has 0 spiro atoms. The molecule has 1 heterocycles. The van der Waals surface area contributed by atoms with Crippen LogP contribution in [-0.4, -0.2) is 23.5 Å². The van der Waals surface area contributed by atoms with Gasteiger partial charge in [0.1, 0.15) is 5.82 Å². The molecule has 0 saturated carbocycles. The molecule has 88 valence electrons. The van der Waals surface area contributed by atoms with Crippen molar-refractivity contribution in [2.75, 3.05) is 7.11 Å². The lowest BCUT2D eigenvalue weighted by molar-refractivity contribution is 0.0141. The molecule has 0 aliphatic rings. The summed E-state index contributed by atoms with van der Waals surface area (Å²) < 4.78 is 18.0. The van der Waals surface area contributed by atoms with Crippen LogP contribution in [0.1, 0.15) is 37.0 Å². The van der Waals surface area contributed by atoms with Crippen LogP contribution in [0.4, 0.5) is 4.39 Å². The van der Waals surface area contributed by atoms with Crippen molar-refractivity contribution in [3.8, 4) is 0 Å². The first kappa shape index (κ1) is 12.8. The molecule has 0 unspecified atom stereocenters. The van der Waals surface area contributed by atoms with E-state index in [1.54, 1.807) is 7.11 Å². The lowest BCUT2D eigenvalue weighted by Crippen LogP contribution is -2.23. The van der Waals surface area contributed by atoms with Crippen LogP contribution >= 0.6 is 0 Å². The third-order valence-electron chi connectivity index (χ3n) is 2.53. The predicted molar refractivity (Wildman–Crippen MR) is 58.8 cm³/mol. The first-order chi connectivity index (χ1) is 7.44. The first-order valence-electron chi connectivity index (χ1n) is 5.13. The molecule has 3 nitrogen and oxygen atoms in total. The maximum absolute atomic E-state index is 12.8. The van der Waals surface area contributed by atoms with Crippen LogP contribution in [0.2, 0.25) is 0 Å². The van der Waals surface area contributed by atoms with Crippen molar-refractivity contribution in [2.24, 2.45) is 0 Å². The van der Waals surface area contributed by atoms with Crippen molar-refractivity contribution >= 4 is 5.78 Å². The van der Waals surface area contributed by atoms with Crippen molar-refractivity contribution in [2.45, 2.75) is 32.3 Å². The Kier molecular flexibility index (Phi) is 4.12. The van der Waals surface area contributed by atoms with Gasteiger partial charge in [-0.3, -0.25) is 9.78 Å². The maximum atomic E-state index is 12.8. The number of ether oxygens (including phenoxy) is 1. The fourth-order valence-electron chi connectivity index (χ4n) is 1.23. The average Bonchev–Trinajstić information content (AvgIpc) is 2.26. The van der Waals surface area contributed by atoms with Gasteiger partial charge in [-0.15, -0.1) is 0 Å². The van der Waals surface area contributed by atoms with E-state index in [0.717, 1.165) is 6.20 Å². The molecule has 1 aromatic rings. The summed E-state index contributed by atoms with van der Waals surface area (Å²) in [5, 5.41) is 0. The van der Waals surface area contributed by atoms with Crippen molar-refractivity contribution in [1.82, 2.24) is 4.98 Å². The fourth-order valence-corrected chi connectivity index (χ4v) is 1.23. The SMILES string of the molecule is COC(C)(C)CCC(=O)c1cncc(F)c1. The molecule has 0 amide bonds. The smallest absolute Gasteiger partial charge is 0.164 e. The van der Waals surface area contributed by atoms with Gasteiger partial charge >= 0.3 is 0 Å². The van der Waals surface area contributed by atoms with Crippen molar-refractivity contribution in [1.29, 1.82) is 0 Å². The molecule has 0 aliphatic heterocycles. The van der Waals surface area contributed by atoms with Crippen LogP contribution in [0.5, 0.6) is 0 Å². The van der Waals surface area contributed by atoms with E-state index >= 15 is 0 Å². The normalized spacial score (nSPS) is 11.5. The fraction of sp³-hybridized carbons (Fsp3) is 0.500. The molecule has 1 rings (SSSR count). The number of Topliss-reactive ketones (excluding diaryl/α,β-unsaturated/α-hetero) is 1. The number of aromatic nitrogens is 1. The van der Waals surface area contributed by atoms with Gasteiger partial charge in [-0.05, 0) is 26.3 Å². The summed E-state index contributed by atoms with van der Waals surface area (Å²) in [6, 6.07) is 1.20. The highest BCUT2D eigenvalue weighted by molar-refractivity contribution is 5.95. The lowest BCUT2D eigenvalue weighted by atomic mass is 9.98. The van der Waals surface area contributed by atoms with Crippen LogP contribution < -0.4 is 0 Å². The van der Waals surface area contributed by atoms with Gasteiger partial charge in [0.25, 0.3) is 0 Å². The quantitative estimate of drug-likeness (QED) is 0.723. The highest BCUT2D eigenvalue weighted by Gasteiger charge is 2.18. The van der Waals surface area contributed by atoms with Gasteiger partial charge in [0.05, 0.1) is 11.8 Å². The highest BCUT2D eigenvalue weighted by Crippen LogP contribution is 2.17. The minimum Gasteiger partial charge on any atom is -0.379 e. The van der Waals surface area contributed by atoms with E-state index in [0.29, 0.717) is 18.4 Å². The Morgan fingerprint density at radius 2 is 2.19 bits per heavy atom. The number of halogens is 1. The number of methoxy groups -OCH3 is 1. The Labute approximate surface area is 94.6 Å². The molecular formula is C12H16FNO2. The van der Waals surface area contributed by atoms with E-state index in [1.807, 2.05) is 13.8 Å². The second-order valence-electron chi connectivity index (χ2n) is 4.28. The predicted octanol–water partition coefficient (Wildman–Crippen LogP) is 2.61. The second-order valence-corrected chi connectivity index (χ2v) is 4.28. The molecule has 0 aromatic carbocycles. The minimum absolute atomic E-state index is 0.114. The third-order valence-corrected chi connectivity index (χ3v) is 2.53. The van der Waals surface area contributed by atoms with Crippen molar-refractivity contribution < 1.29 is 13.9 Å². The summed E-state index contributed by atoms with van der Waals surface area (Å²) >= 11 is 0. The zero-order valence-corrected chi connectivity index (χ0v) is 9.79. The number of hydrogen-bond donors (Lipinski definition) is 0. The summed E-state index contributed by atoms with van der Waals surface area (Å²) in [7, 11) is 1.61. The van der Waals surface area contributed by atoms with Crippen LogP contribution in [-0.2, 0) is 4.74 Å². The van der Waals surface area contributed by atoms with E-state index in [9.17, 15) is 9.18 Å². The number of carbonyl (C=O) groups excluding carboxylic acids is 1. The average molecular weight is 225 g/mol. The number of pyridine rings is 1. The summed E-state index contributed by atoms with van der Waals surface area (Å²) in [4.78, 5) is 15.3. The zero-order chi connectivity index (χ0) is 12.2. The molecule has 4 heteroatoms. The Morgan fingerprint density at radius 3 is 2.75 bits per heavy atom. The molecule has 0 saturated heterocycles. The van der Waals surface area contributed by atoms with E-state index in [4.69, 9.17) is 4.74 Å². The van der Waals surface area contributed by atoms with E-state index < -0.39 is 5.82 Å². The molecule has 0 bridgehead atoms. The third kappa shape index (κ3) is 3.70.